The van der Waals surface area contributed by atoms with Crippen molar-refractivity contribution >= 4 is 0 Å². The van der Waals surface area contributed by atoms with Crippen LogP contribution in [0.1, 0.15) is 86.7 Å². The molecule has 1 aromatic heterocycles. The average Bonchev–Trinajstić information content (AvgIpc) is 3.44. The van der Waals surface area contributed by atoms with Gasteiger partial charge >= 0.3 is 0 Å². The van der Waals surface area contributed by atoms with Gasteiger partial charge in [-0.05, 0) is 44.7 Å². The highest BCUT2D eigenvalue weighted by Gasteiger charge is 2.37. The molecule has 2 aliphatic rings. The van der Waals surface area contributed by atoms with Gasteiger partial charge in [0.05, 0.1) is 17.8 Å². The van der Waals surface area contributed by atoms with Crippen LogP contribution in [-0.4, -0.2) is 44.2 Å². The Hall–Kier alpha value is -1.72. The van der Waals surface area contributed by atoms with E-state index in [2.05, 4.69) is 59.5 Å². The highest BCUT2D eigenvalue weighted by Crippen LogP contribution is 2.40. The molecule has 2 aromatic rings. The van der Waals surface area contributed by atoms with Gasteiger partial charge in [0.15, 0.2) is 0 Å². The summed E-state index contributed by atoms with van der Waals surface area (Å²) in [7, 11) is 0. The Labute approximate surface area is 168 Å². The molecule has 1 saturated heterocycles. The van der Waals surface area contributed by atoms with E-state index in [0.29, 0.717) is 18.5 Å². The first-order valence-electron chi connectivity index (χ1n) is 11.1. The number of aliphatic hydroxyl groups is 1. The fourth-order valence-electron chi connectivity index (χ4n) is 4.45. The van der Waals surface area contributed by atoms with Crippen LogP contribution in [0.4, 0.5) is 0 Å². The highest BCUT2D eigenvalue weighted by atomic mass is 16.3. The summed E-state index contributed by atoms with van der Waals surface area (Å²) < 4.78 is 1.94. The molecule has 0 unspecified atom stereocenters. The fourth-order valence-corrected chi connectivity index (χ4v) is 4.45. The normalized spacial score (nSPS) is 25.9. The number of aliphatic hydroxyl groups excluding tert-OH is 1. The van der Waals surface area contributed by atoms with E-state index in [1.807, 2.05) is 4.68 Å². The van der Waals surface area contributed by atoms with Gasteiger partial charge in [-0.3, -0.25) is 4.90 Å². The van der Waals surface area contributed by atoms with Crippen LogP contribution in [0.15, 0.2) is 30.5 Å². The molecular weight excluding hydrogens is 348 g/mol. The first-order chi connectivity index (χ1) is 13.7. The Morgan fingerprint density at radius 1 is 1.11 bits per heavy atom. The SMILES string of the molecule is CCCCCCN1C[C@H](O)[C@@H](n2cc(C3CC3)nn2)C[C@H]1c1ccc(C)cc1. The molecule has 0 spiro atoms. The summed E-state index contributed by atoms with van der Waals surface area (Å²) in [6.45, 7) is 6.13. The summed E-state index contributed by atoms with van der Waals surface area (Å²) in [5.41, 5.74) is 3.73. The van der Waals surface area contributed by atoms with Gasteiger partial charge in [-0.2, -0.15) is 0 Å². The Morgan fingerprint density at radius 3 is 2.61 bits per heavy atom. The molecule has 28 heavy (non-hydrogen) atoms. The Morgan fingerprint density at radius 2 is 1.89 bits per heavy atom. The number of hydrogen-bond donors (Lipinski definition) is 1. The third-order valence-electron chi connectivity index (χ3n) is 6.40. The highest BCUT2D eigenvalue weighted by molar-refractivity contribution is 5.25. The van der Waals surface area contributed by atoms with Crippen molar-refractivity contribution in [1.29, 1.82) is 0 Å². The van der Waals surface area contributed by atoms with E-state index >= 15 is 0 Å². The molecule has 3 atom stereocenters. The van der Waals surface area contributed by atoms with Crippen LogP contribution in [0.2, 0.25) is 0 Å². The number of aryl methyl sites for hydroxylation is 1. The van der Waals surface area contributed by atoms with Gasteiger partial charge in [0.2, 0.25) is 0 Å². The van der Waals surface area contributed by atoms with Crippen LogP contribution < -0.4 is 0 Å². The smallest absolute Gasteiger partial charge is 0.0892 e. The van der Waals surface area contributed by atoms with Crippen molar-refractivity contribution in [2.75, 3.05) is 13.1 Å². The minimum Gasteiger partial charge on any atom is -0.390 e. The molecule has 1 aliphatic heterocycles. The molecule has 1 aliphatic carbocycles. The van der Waals surface area contributed by atoms with E-state index < -0.39 is 6.10 Å². The number of nitrogens with zero attached hydrogens (tertiary/aromatic N) is 4. The van der Waals surface area contributed by atoms with E-state index in [9.17, 15) is 5.11 Å². The van der Waals surface area contributed by atoms with Crippen molar-refractivity contribution in [3.8, 4) is 0 Å². The maximum absolute atomic E-state index is 10.9. The monoisotopic (exact) mass is 382 g/mol. The van der Waals surface area contributed by atoms with Crippen LogP contribution in [-0.2, 0) is 0 Å². The molecule has 2 fully saturated rings. The molecule has 0 amide bonds. The predicted molar refractivity (Wildman–Crippen MR) is 111 cm³/mol. The van der Waals surface area contributed by atoms with E-state index in [4.69, 9.17) is 0 Å². The number of β-amino-alcohol motifs (C(OH)–C–C–N with tert-alkyl or cyclic N) is 1. The molecule has 1 saturated carbocycles. The zero-order valence-corrected chi connectivity index (χ0v) is 17.3. The zero-order chi connectivity index (χ0) is 19.5. The number of aromatic nitrogens is 3. The molecular formula is C23H34N4O. The van der Waals surface area contributed by atoms with Crippen molar-refractivity contribution < 1.29 is 5.11 Å². The molecule has 2 heterocycles. The van der Waals surface area contributed by atoms with Crippen LogP contribution >= 0.6 is 0 Å². The lowest BCUT2D eigenvalue weighted by atomic mass is 9.89. The Bertz CT molecular complexity index is 752. The summed E-state index contributed by atoms with van der Waals surface area (Å²) >= 11 is 0. The summed E-state index contributed by atoms with van der Waals surface area (Å²) in [6.07, 6.45) is 10.0. The topological polar surface area (TPSA) is 54.2 Å². The average molecular weight is 383 g/mol. The first-order valence-corrected chi connectivity index (χ1v) is 11.1. The molecule has 0 bridgehead atoms. The van der Waals surface area contributed by atoms with E-state index in [1.54, 1.807) is 0 Å². The van der Waals surface area contributed by atoms with E-state index in [0.717, 1.165) is 18.7 Å². The van der Waals surface area contributed by atoms with Gasteiger partial charge in [-0.1, -0.05) is 61.2 Å². The van der Waals surface area contributed by atoms with Crippen molar-refractivity contribution in [3.05, 3.63) is 47.3 Å². The van der Waals surface area contributed by atoms with Crippen molar-refractivity contribution in [2.24, 2.45) is 0 Å². The minimum absolute atomic E-state index is 0.00167. The first kappa shape index (κ1) is 19.6. The largest absolute Gasteiger partial charge is 0.390 e. The number of unbranched alkanes of at least 4 members (excludes halogenated alkanes) is 3. The molecule has 0 radical (unpaired) electrons. The molecule has 4 rings (SSSR count). The third-order valence-corrected chi connectivity index (χ3v) is 6.40. The molecule has 5 heteroatoms. The molecule has 1 N–H and O–H groups in total. The zero-order valence-electron chi connectivity index (χ0n) is 17.3. The summed E-state index contributed by atoms with van der Waals surface area (Å²) in [5.74, 6) is 0.595. The van der Waals surface area contributed by atoms with Gasteiger partial charge in [0.25, 0.3) is 0 Å². The van der Waals surface area contributed by atoms with Crippen molar-refractivity contribution in [2.45, 2.75) is 82.9 Å². The number of benzene rings is 1. The fraction of sp³-hybridized carbons (Fsp3) is 0.652. The van der Waals surface area contributed by atoms with Gasteiger partial charge in [-0.15, -0.1) is 5.10 Å². The maximum atomic E-state index is 10.9. The number of hydrogen-bond acceptors (Lipinski definition) is 4. The lowest BCUT2D eigenvalue weighted by Gasteiger charge is -2.42. The van der Waals surface area contributed by atoms with Crippen molar-refractivity contribution in [3.63, 3.8) is 0 Å². The second-order valence-electron chi connectivity index (χ2n) is 8.75. The Kier molecular flexibility index (Phi) is 6.12. The number of piperidine rings is 1. The summed E-state index contributed by atoms with van der Waals surface area (Å²) in [5, 5.41) is 19.7. The van der Waals surface area contributed by atoms with Crippen LogP contribution in [0.3, 0.4) is 0 Å². The summed E-state index contributed by atoms with van der Waals surface area (Å²) in [6, 6.07) is 9.23. The quantitative estimate of drug-likeness (QED) is 0.688. The van der Waals surface area contributed by atoms with Crippen molar-refractivity contribution in [1.82, 2.24) is 19.9 Å². The van der Waals surface area contributed by atoms with Gasteiger partial charge in [0.1, 0.15) is 0 Å². The van der Waals surface area contributed by atoms with Crippen LogP contribution in [0.25, 0.3) is 0 Å². The summed E-state index contributed by atoms with van der Waals surface area (Å²) in [4.78, 5) is 2.49. The van der Waals surface area contributed by atoms with E-state index in [1.165, 1.54) is 49.7 Å². The predicted octanol–water partition coefficient (Wildman–Crippen LogP) is 4.39. The second-order valence-corrected chi connectivity index (χ2v) is 8.75. The minimum atomic E-state index is -0.401. The lowest BCUT2D eigenvalue weighted by Crippen LogP contribution is -2.46. The Balaban J connectivity index is 1.52. The van der Waals surface area contributed by atoms with Crippen LogP contribution in [0.5, 0.6) is 0 Å². The van der Waals surface area contributed by atoms with E-state index in [-0.39, 0.29) is 6.04 Å². The third kappa shape index (κ3) is 4.47. The number of likely N-dealkylation sites (tertiary alicyclic amines) is 1. The maximum Gasteiger partial charge on any atom is 0.0892 e. The molecule has 5 nitrogen and oxygen atoms in total. The lowest BCUT2D eigenvalue weighted by molar-refractivity contribution is -0.0102. The van der Waals surface area contributed by atoms with Crippen LogP contribution in [0, 0.1) is 6.92 Å². The standard InChI is InChI=1S/C23H34N4O/c1-3-4-5-6-13-26-16-23(28)22(27-15-20(24-25-27)18-11-12-18)14-21(26)19-9-7-17(2)8-10-19/h7-10,15,18,21-23,28H,3-6,11-14,16H2,1-2H3/t21-,22-,23-/m0/s1. The second kappa shape index (κ2) is 8.75. The molecule has 1 aromatic carbocycles. The van der Waals surface area contributed by atoms with Gasteiger partial charge in [0, 0.05) is 24.7 Å². The number of rotatable bonds is 8. The van der Waals surface area contributed by atoms with Gasteiger partial charge in [-0.25, -0.2) is 4.68 Å². The van der Waals surface area contributed by atoms with Gasteiger partial charge < -0.3 is 5.11 Å². The molecule has 152 valence electrons.